The molecule has 1 heterocycles. The average Bonchev–Trinajstić information content (AvgIpc) is 2.56. The maximum Gasteiger partial charge on any atom is 0.131 e. The number of nitrogens with zero attached hydrogens (tertiary/aromatic N) is 1. The molecule has 0 amide bonds. The average molecular weight is 325 g/mol. The first-order valence-electron chi connectivity index (χ1n) is 8.30. The monoisotopic (exact) mass is 325 g/mol. The lowest BCUT2D eigenvalue weighted by Gasteiger charge is -2.05. The van der Waals surface area contributed by atoms with E-state index in [1.165, 1.54) is 6.07 Å². The Labute approximate surface area is 143 Å². The predicted molar refractivity (Wildman–Crippen MR) is 98.1 cm³/mol. The van der Waals surface area contributed by atoms with Gasteiger partial charge < -0.3 is 5.11 Å². The van der Waals surface area contributed by atoms with E-state index >= 15 is 0 Å². The highest BCUT2D eigenvalue weighted by molar-refractivity contribution is 5.65. The molecule has 2 rings (SSSR count). The number of allylic oxidation sites excluding steroid dienone is 2. The van der Waals surface area contributed by atoms with Crippen LogP contribution in [0.1, 0.15) is 37.4 Å². The van der Waals surface area contributed by atoms with Crippen LogP contribution in [-0.4, -0.2) is 16.2 Å². The van der Waals surface area contributed by atoms with Gasteiger partial charge in [-0.15, -0.1) is 6.58 Å². The second kappa shape index (κ2) is 9.14. The Morgan fingerprint density at radius 1 is 1.29 bits per heavy atom. The van der Waals surface area contributed by atoms with Gasteiger partial charge in [0.25, 0.3) is 0 Å². The SMILES string of the molecule is C=CCc1ccc(-c2ccc(/C=C/CCCC(C)O)cc2F)cn1. The van der Waals surface area contributed by atoms with Gasteiger partial charge in [-0.25, -0.2) is 4.39 Å². The summed E-state index contributed by atoms with van der Waals surface area (Å²) >= 11 is 0. The first-order chi connectivity index (χ1) is 11.6. The van der Waals surface area contributed by atoms with Gasteiger partial charge >= 0.3 is 0 Å². The summed E-state index contributed by atoms with van der Waals surface area (Å²) in [5, 5.41) is 9.21. The molecule has 0 aliphatic rings. The number of rotatable bonds is 8. The fourth-order valence-corrected chi connectivity index (χ4v) is 2.47. The van der Waals surface area contributed by atoms with Crippen LogP contribution in [-0.2, 0) is 6.42 Å². The van der Waals surface area contributed by atoms with E-state index in [-0.39, 0.29) is 11.9 Å². The molecule has 0 radical (unpaired) electrons. The molecular weight excluding hydrogens is 301 g/mol. The predicted octanol–water partition coefficient (Wildman–Crippen LogP) is 5.18. The molecule has 1 aromatic heterocycles. The van der Waals surface area contributed by atoms with E-state index in [2.05, 4.69) is 11.6 Å². The molecule has 1 aromatic carbocycles. The van der Waals surface area contributed by atoms with Crippen molar-refractivity contribution in [2.24, 2.45) is 0 Å². The van der Waals surface area contributed by atoms with Gasteiger partial charge in [-0.2, -0.15) is 0 Å². The normalized spacial score (nSPS) is 12.5. The van der Waals surface area contributed by atoms with Crippen LogP contribution in [0.25, 0.3) is 17.2 Å². The molecule has 1 N–H and O–H groups in total. The number of aliphatic hydroxyl groups is 1. The molecule has 1 atom stereocenters. The zero-order chi connectivity index (χ0) is 17.4. The van der Waals surface area contributed by atoms with Crippen molar-refractivity contribution < 1.29 is 9.50 Å². The van der Waals surface area contributed by atoms with Crippen molar-refractivity contribution in [3.05, 3.63) is 72.3 Å². The van der Waals surface area contributed by atoms with E-state index in [0.717, 1.165) is 36.1 Å². The van der Waals surface area contributed by atoms with Crippen LogP contribution in [0.15, 0.2) is 55.3 Å². The topological polar surface area (TPSA) is 33.1 Å². The zero-order valence-corrected chi connectivity index (χ0v) is 14.1. The fourth-order valence-electron chi connectivity index (χ4n) is 2.47. The first-order valence-corrected chi connectivity index (χ1v) is 8.30. The minimum absolute atomic E-state index is 0.251. The van der Waals surface area contributed by atoms with Crippen molar-refractivity contribution in [3.8, 4) is 11.1 Å². The summed E-state index contributed by atoms with van der Waals surface area (Å²) in [6, 6.07) is 9.01. The highest BCUT2D eigenvalue weighted by Gasteiger charge is 2.06. The molecule has 1 unspecified atom stereocenters. The second-order valence-electron chi connectivity index (χ2n) is 5.95. The molecule has 0 aliphatic carbocycles. The van der Waals surface area contributed by atoms with Crippen LogP contribution >= 0.6 is 0 Å². The molecular formula is C21H24FNO. The van der Waals surface area contributed by atoms with E-state index < -0.39 is 0 Å². The lowest BCUT2D eigenvalue weighted by atomic mass is 10.0. The number of pyridine rings is 1. The fraction of sp³-hybridized carbons (Fsp3) is 0.286. The number of benzene rings is 1. The Hall–Kier alpha value is -2.26. The Kier molecular flexibility index (Phi) is 6.89. The molecule has 0 fully saturated rings. The molecule has 0 bridgehead atoms. The van der Waals surface area contributed by atoms with Gasteiger partial charge in [-0.1, -0.05) is 36.4 Å². The molecule has 2 aromatic rings. The van der Waals surface area contributed by atoms with Gasteiger partial charge in [-0.3, -0.25) is 4.98 Å². The Balaban J connectivity index is 2.03. The van der Waals surface area contributed by atoms with Gasteiger partial charge in [0.1, 0.15) is 5.82 Å². The molecule has 0 saturated carbocycles. The third-order valence-electron chi connectivity index (χ3n) is 3.79. The van der Waals surface area contributed by atoms with Crippen molar-refractivity contribution in [1.29, 1.82) is 0 Å². The molecule has 0 saturated heterocycles. The standard InChI is InChI=1S/C21H24FNO/c1-3-7-19-12-11-18(15-23-19)20-13-10-17(14-21(20)22)9-6-4-5-8-16(2)24/h3,6,9-16,24H,1,4-5,7-8H2,2H3/b9-6+. The van der Waals surface area contributed by atoms with Crippen molar-refractivity contribution in [2.45, 2.75) is 38.7 Å². The second-order valence-corrected chi connectivity index (χ2v) is 5.95. The molecule has 3 heteroatoms. The number of hydrogen-bond donors (Lipinski definition) is 1. The van der Waals surface area contributed by atoms with Gasteiger partial charge in [0, 0.05) is 29.4 Å². The smallest absolute Gasteiger partial charge is 0.131 e. The summed E-state index contributed by atoms with van der Waals surface area (Å²) in [6.45, 7) is 5.47. The third kappa shape index (κ3) is 5.43. The third-order valence-corrected chi connectivity index (χ3v) is 3.79. The number of unbranched alkanes of at least 4 members (excludes halogenated alkanes) is 1. The Bertz CT molecular complexity index is 689. The lowest BCUT2D eigenvalue weighted by Crippen LogP contribution is -1.97. The maximum absolute atomic E-state index is 14.4. The number of aromatic nitrogens is 1. The molecule has 126 valence electrons. The minimum Gasteiger partial charge on any atom is -0.393 e. The summed E-state index contributed by atoms with van der Waals surface area (Å²) in [4.78, 5) is 4.32. The Morgan fingerprint density at radius 2 is 2.12 bits per heavy atom. The maximum atomic E-state index is 14.4. The molecule has 0 spiro atoms. The van der Waals surface area contributed by atoms with Gasteiger partial charge in [0.05, 0.1) is 6.10 Å². The molecule has 2 nitrogen and oxygen atoms in total. The lowest BCUT2D eigenvalue weighted by molar-refractivity contribution is 0.182. The Morgan fingerprint density at radius 3 is 2.75 bits per heavy atom. The molecule has 24 heavy (non-hydrogen) atoms. The van der Waals surface area contributed by atoms with Crippen LogP contribution in [0, 0.1) is 5.82 Å². The number of hydrogen-bond acceptors (Lipinski definition) is 2. The zero-order valence-electron chi connectivity index (χ0n) is 14.1. The van der Waals surface area contributed by atoms with Gasteiger partial charge in [0.2, 0.25) is 0 Å². The summed E-state index contributed by atoms with van der Waals surface area (Å²) in [7, 11) is 0. The summed E-state index contributed by atoms with van der Waals surface area (Å²) in [6.07, 6.45) is 10.5. The van der Waals surface area contributed by atoms with E-state index in [9.17, 15) is 9.50 Å². The van der Waals surface area contributed by atoms with Crippen molar-refractivity contribution >= 4 is 6.08 Å². The number of halogens is 1. The van der Waals surface area contributed by atoms with Crippen molar-refractivity contribution in [1.82, 2.24) is 4.98 Å². The first kappa shape index (κ1) is 18.1. The molecule has 0 aliphatic heterocycles. The van der Waals surface area contributed by atoms with Crippen LogP contribution in [0.4, 0.5) is 4.39 Å². The van der Waals surface area contributed by atoms with E-state index in [1.54, 1.807) is 25.3 Å². The highest BCUT2D eigenvalue weighted by atomic mass is 19.1. The van der Waals surface area contributed by atoms with E-state index in [4.69, 9.17) is 0 Å². The summed E-state index contributed by atoms with van der Waals surface area (Å²) in [5.41, 5.74) is 3.09. The summed E-state index contributed by atoms with van der Waals surface area (Å²) < 4.78 is 14.4. The van der Waals surface area contributed by atoms with Gasteiger partial charge in [0.15, 0.2) is 0 Å². The van der Waals surface area contributed by atoms with Gasteiger partial charge in [-0.05, 0) is 43.9 Å². The number of aliphatic hydroxyl groups excluding tert-OH is 1. The minimum atomic E-state index is -0.262. The van der Waals surface area contributed by atoms with Crippen LogP contribution in [0.5, 0.6) is 0 Å². The van der Waals surface area contributed by atoms with Crippen LogP contribution in [0.2, 0.25) is 0 Å². The van der Waals surface area contributed by atoms with Crippen molar-refractivity contribution in [3.63, 3.8) is 0 Å². The van der Waals surface area contributed by atoms with Crippen molar-refractivity contribution in [2.75, 3.05) is 0 Å². The quantitative estimate of drug-likeness (QED) is 0.536. The summed E-state index contributed by atoms with van der Waals surface area (Å²) in [5.74, 6) is -0.251. The van der Waals surface area contributed by atoms with Crippen LogP contribution in [0.3, 0.4) is 0 Å². The van der Waals surface area contributed by atoms with E-state index in [0.29, 0.717) is 12.0 Å². The van der Waals surface area contributed by atoms with E-state index in [1.807, 2.05) is 30.4 Å². The highest BCUT2D eigenvalue weighted by Crippen LogP contribution is 2.24. The van der Waals surface area contributed by atoms with Crippen LogP contribution < -0.4 is 0 Å². The largest absolute Gasteiger partial charge is 0.393 e.